The van der Waals surface area contributed by atoms with Gasteiger partial charge in [0.1, 0.15) is 11.9 Å². The fraction of sp³-hybridized carbons (Fsp3) is 0.0909. The first-order chi connectivity index (χ1) is 28.0. The molecule has 0 spiro atoms. The molecule has 0 N–H and O–H groups in total. The molecule has 0 amide bonds. The van der Waals surface area contributed by atoms with Crippen molar-refractivity contribution in [1.29, 1.82) is 0 Å². The lowest BCUT2D eigenvalue weighted by molar-refractivity contribution is 0.264. The first-order valence-electron chi connectivity index (χ1n) is 20.0. The summed E-state index contributed by atoms with van der Waals surface area (Å²) in [6.45, 7) is 4.72. The molecule has 11 rings (SSSR count). The van der Waals surface area contributed by atoms with Crippen LogP contribution in [0.2, 0.25) is 0 Å². The molecule has 0 saturated heterocycles. The number of hydrogen-bond donors (Lipinski definition) is 0. The molecule has 1 aliphatic heterocycles. The van der Waals surface area contributed by atoms with Crippen LogP contribution in [0.4, 0.5) is 11.4 Å². The summed E-state index contributed by atoms with van der Waals surface area (Å²) < 4.78 is 7.00. The molecular formula is C55H41NO. The zero-order chi connectivity index (χ0) is 38.1. The molecule has 8 aromatic carbocycles. The number of ether oxygens (including phenoxy) is 1. The van der Waals surface area contributed by atoms with E-state index in [-0.39, 0.29) is 17.4 Å². The molecule has 2 heteroatoms. The fourth-order valence-corrected chi connectivity index (χ4v) is 9.64. The highest BCUT2D eigenvalue weighted by Crippen LogP contribution is 2.54. The lowest BCUT2D eigenvalue weighted by atomic mass is 9.81. The summed E-state index contributed by atoms with van der Waals surface area (Å²) in [6.07, 6.45) is 6.59. The average molecular weight is 732 g/mol. The standard InChI is InChI=1S/C55H41NO/c1-55(2)48-21-12-11-19-44(48)45-33-32-42(34-49(45)55)56(41-30-28-39(29-31-41)37-16-7-4-8-17-37)50-22-13-23-51-54(50)53-46-20-10-9-18-43(46)47(35-52(53)57-51)40-26-24-38(25-27-40)36-14-5-3-6-15-36/h3-35,51,54H,1-2H3. The van der Waals surface area contributed by atoms with Crippen LogP contribution in [-0.4, -0.2) is 6.10 Å². The van der Waals surface area contributed by atoms with Gasteiger partial charge in [0, 0.05) is 28.1 Å². The van der Waals surface area contributed by atoms with Crippen molar-refractivity contribution in [2.75, 3.05) is 4.90 Å². The summed E-state index contributed by atoms with van der Waals surface area (Å²) in [4.78, 5) is 2.48. The van der Waals surface area contributed by atoms with Gasteiger partial charge in [0.05, 0.1) is 5.92 Å². The molecule has 0 radical (unpaired) electrons. The van der Waals surface area contributed by atoms with Crippen molar-refractivity contribution in [1.82, 2.24) is 0 Å². The van der Waals surface area contributed by atoms with E-state index < -0.39 is 0 Å². The first kappa shape index (κ1) is 33.4. The monoisotopic (exact) mass is 731 g/mol. The Kier molecular flexibility index (Phi) is 7.69. The molecular weight excluding hydrogens is 691 g/mol. The number of benzene rings is 8. The second-order valence-corrected chi connectivity index (χ2v) is 16.0. The highest BCUT2D eigenvalue weighted by Gasteiger charge is 2.42. The SMILES string of the molecule is CC1(C)c2ccccc2-c2ccc(N(C3=CC=CC4Oc5cc(-c6ccc(-c7ccccc7)cc6)c6ccccc6c5C34)c3ccc(-c4ccccc4)cc3)cc21. The summed E-state index contributed by atoms with van der Waals surface area (Å²) in [5.74, 6) is 0.935. The Morgan fingerprint density at radius 3 is 1.75 bits per heavy atom. The number of nitrogens with zero attached hydrogens (tertiary/aromatic N) is 1. The number of hydrogen-bond acceptors (Lipinski definition) is 2. The van der Waals surface area contributed by atoms with Gasteiger partial charge in [0.25, 0.3) is 0 Å². The molecule has 3 aliphatic rings. The molecule has 0 bridgehead atoms. The van der Waals surface area contributed by atoms with E-state index in [1.165, 1.54) is 77.7 Å². The minimum atomic E-state index is -0.139. The number of allylic oxidation sites excluding steroid dienone is 2. The third-order valence-corrected chi connectivity index (χ3v) is 12.5. The number of rotatable bonds is 6. The number of fused-ring (bicyclic) bond motifs is 8. The molecule has 0 aromatic heterocycles. The van der Waals surface area contributed by atoms with E-state index in [1.807, 2.05) is 0 Å². The first-order valence-corrected chi connectivity index (χ1v) is 20.0. The van der Waals surface area contributed by atoms with Crippen LogP contribution in [0.15, 0.2) is 206 Å². The third-order valence-electron chi connectivity index (χ3n) is 12.5. The molecule has 8 aromatic rings. The summed E-state index contributed by atoms with van der Waals surface area (Å²) in [6, 6.07) is 66.4. The molecule has 2 unspecified atom stereocenters. The minimum absolute atomic E-state index is 0.0170. The van der Waals surface area contributed by atoms with E-state index in [0.717, 1.165) is 17.1 Å². The van der Waals surface area contributed by atoms with Gasteiger partial charge in [-0.15, -0.1) is 0 Å². The Hall–Kier alpha value is -6.90. The lowest BCUT2D eigenvalue weighted by Crippen LogP contribution is -2.29. The predicted molar refractivity (Wildman–Crippen MR) is 237 cm³/mol. The van der Waals surface area contributed by atoms with Crippen molar-refractivity contribution in [2.45, 2.75) is 31.3 Å². The van der Waals surface area contributed by atoms with Crippen molar-refractivity contribution in [3.8, 4) is 50.3 Å². The van der Waals surface area contributed by atoms with Crippen LogP contribution in [0.25, 0.3) is 55.3 Å². The smallest absolute Gasteiger partial charge is 0.130 e. The van der Waals surface area contributed by atoms with Gasteiger partial charge in [0.2, 0.25) is 0 Å². The Morgan fingerprint density at radius 1 is 0.474 bits per heavy atom. The highest BCUT2D eigenvalue weighted by molar-refractivity contribution is 6.02. The molecule has 0 saturated carbocycles. The second kappa shape index (κ2) is 13.1. The van der Waals surface area contributed by atoms with Crippen LogP contribution >= 0.6 is 0 Å². The van der Waals surface area contributed by atoms with E-state index >= 15 is 0 Å². The molecule has 2 aliphatic carbocycles. The summed E-state index contributed by atoms with van der Waals surface area (Å²) in [5.41, 5.74) is 17.2. The van der Waals surface area contributed by atoms with Crippen LogP contribution in [0.5, 0.6) is 5.75 Å². The van der Waals surface area contributed by atoms with Gasteiger partial charge < -0.3 is 9.64 Å². The fourth-order valence-electron chi connectivity index (χ4n) is 9.64. The van der Waals surface area contributed by atoms with E-state index in [9.17, 15) is 0 Å². The predicted octanol–water partition coefficient (Wildman–Crippen LogP) is 14.3. The van der Waals surface area contributed by atoms with E-state index in [2.05, 4.69) is 219 Å². The summed E-state index contributed by atoms with van der Waals surface area (Å²) in [7, 11) is 0. The minimum Gasteiger partial charge on any atom is -0.485 e. The topological polar surface area (TPSA) is 12.5 Å². The molecule has 0 fully saturated rings. The average Bonchev–Trinajstić information content (AvgIpc) is 3.77. The van der Waals surface area contributed by atoms with Crippen molar-refractivity contribution in [2.24, 2.45) is 0 Å². The van der Waals surface area contributed by atoms with E-state index in [0.29, 0.717) is 0 Å². The van der Waals surface area contributed by atoms with Gasteiger partial charge in [-0.3, -0.25) is 0 Å². The maximum atomic E-state index is 7.00. The Morgan fingerprint density at radius 2 is 1.04 bits per heavy atom. The van der Waals surface area contributed by atoms with Gasteiger partial charge in [-0.05, 0) is 109 Å². The molecule has 2 nitrogen and oxygen atoms in total. The van der Waals surface area contributed by atoms with Crippen LogP contribution in [0.1, 0.15) is 36.5 Å². The second-order valence-electron chi connectivity index (χ2n) is 16.0. The molecule has 57 heavy (non-hydrogen) atoms. The van der Waals surface area contributed by atoms with Gasteiger partial charge in [-0.25, -0.2) is 0 Å². The zero-order valence-corrected chi connectivity index (χ0v) is 32.1. The van der Waals surface area contributed by atoms with Crippen LogP contribution in [0, 0.1) is 0 Å². The normalized spacial score (nSPS) is 16.9. The van der Waals surface area contributed by atoms with E-state index in [4.69, 9.17) is 4.74 Å². The van der Waals surface area contributed by atoms with Gasteiger partial charge in [-0.2, -0.15) is 0 Å². The van der Waals surface area contributed by atoms with Crippen molar-refractivity contribution in [3.63, 3.8) is 0 Å². The van der Waals surface area contributed by atoms with Crippen LogP contribution in [-0.2, 0) is 5.41 Å². The van der Waals surface area contributed by atoms with Gasteiger partial charge in [-0.1, -0.05) is 172 Å². The summed E-state index contributed by atoms with van der Waals surface area (Å²) in [5, 5.41) is 2.47. The molecule has 1 heterocycles. The van der Waals surface area contributed by atoms with Crippen molar-refractivity contribution < 1.29 is 4.74 Å². The van der Waals surface area contributed by atoms with Gasteiger partial charge >= 0.3 is 0 Å². The largest absolute Gasteiger partial charge is 0.485 e. The maximum absolute atomic E-state index is 7.00. The molecule has 272 valence electrons. The van der Waals surface area contributed by atoms with Crippen LogP contribution in [0.3, 0.4) is 0 Å². The Labute approximate surface area is 334 Å². The van der Waals surface area contributed by atoms with Gasteiger partial charge in [0.15, 0.2) is 0 Å². The third kappa shape index (κ3) is 5.39. The highest BCUT2D eigenvalue weighted by atomic mass is 16.5. The lowest BCUT2D eigenvalue weighted by Gasteiger charge is -2.35. The Bertz CT molecular complexity index is 2880. The van der Waals surface area contributed by atoms with Crippen molar-refractivity contribution >= 4 is 22.1 Å². The molecule has 2 atom stereocenters. The van der Waals surface area contributed by atoms with Crippen LogP contribution < -0.4 is 9.64 Å². The number of anilines is 2. The van der Waals surface area contributed by atoms with E-state index in [1.54, 1.807) is 0 Å². The van der Waals surface area contributed by atoms with Crippen molar-refractivity contribution in [3.05, 3.63) is 223 Å². The quantitative estimate of drug-likeness (QED) is 0.169. The maximum Gasteiger partial charge on any atom is 0.130 e. The summed E-state index contributed by atoms with van der Waals surface area (Å²) >= 11 is 0. The Balaban J connectivity index is 1.06. The zero-order valence-electron chi connectivity index (χ0n) is 32.1.